The van der Waals surface area contributed by atoms with Crippen LogP contribution in [0.15, 0.2) is 18.2 Å². The molecule has 1 aromatic carbocycles. The number of carboxylic acids is 1. The summed E-state index contributed by atoms with van der Waals surface area (Å²) in [5.74, 6) is -2.30. The molecule has 1 aliphatic heterocycles. The van der Waals surface area contributed by atoms with E-state index in [1.807, 2.05) is 13.0 Å². The summed E-state index contributed by atoms with van der Waals surface area (Å²) in [4.78, 5) is 36.8. The van der Waals surface area contributed by atoms with E-state index in [4.69, 9.17) is 14.9 Å². The average molecular weight is 336 g/mol. The van der Waals surface area contributed by atoms with Crippen molar-refractivity contribution in [2.24, 2.45) is 5.92 Å². The van der Waals surface area contributed by atoms with Crippen LogP contribution in [0.4, 0.5) is 5.69 Å². The predicted octanol–water partition coefficient (Wildman–Crippen LogP) is -0.0818. The molecule has 0 radical (unpaired) electrons. The number of hydrogen-bond acceptors (Lipinski definition) is 5. The summed E-state index contributed by atoms with van der Waals surface area (Å²) >= 11 is 0. The van der Waals surface area contributed by atoms with Gasteiger partial charge in [0.05, 0.1) is 25.3 Å². The fraction of sp³-hybridized carbons (Fsp3) is 0.438. The standard InChI is InChI=1S/C16H20N2O6/c1-9-3-4-13(24-2)12(5-9)18-7-10(6-14(18)20)15(21)17-11(8-19)16(22)23/h3-5,10-11,19H,6-8H2,1-2H3,(H,17,21)(H,22,23). The summed E-state index contributed by atoms with van der Waals surface area (Å²) < 4.78 is 5.26. The van der Waals surface area contributed by atoms with E-state index in [9.17, 15) is 14.4 Å². The lowest BCUT2D eigenvalue weighted by molar-refractivity contribution is -0.143. The van der Waals surface area contributed by atoms with Crippen molar-refractivity contribution < 1.29 is 29.3 Å². The minimum absolute atomic E-state index is 0.0271. The van der Waals surface area contributed by atoms with Crippen LogP contribution in [0.2, 0.25) is 0 Å². The minimum atomic E-state index is -1.38. The van der Waals surface area contributed by atoms with Gasteiger partial charge in [0.2, 0.25) is 11.8 Å². The van der Waals surface area contributed by atoms with Gasteiger partial charge in [-0.25, -0.2) is 4.79 Å². The molecule has 0 spiro atoms. The molecule has 2 unspecified atom stereocenters. The first-order chi connectivity index (χ1) is 11.4. The van der Waals surface area contributed by atoms with Crippen molar-refractivity contribution in [2.75, 3.05) is 25.2 Å². The number of aryl methyl sites for hydroxylation is 1. The Kier molecular flexibility index (Phi) is 5.40. The molecule has 3 N–H and O–H groups in total. The van der Waals surface area contributed by atoms with E-state index < -0.39 is 30.4 Å². The third kappa shape index (κ3) is 3.65. The van der Waals surface area contributed by atoms with E-state index in [-0.39, 0.29) is 18.9 Å². The number of carboxylic acid groups (broad SMARTS) is 1. The SMILES string of the molecule is COc1ccc(C)cc1N1CC(C(=O)NC(CO)C(=O)O)CC1=O. The van der Waals surface area contributed by atoms with Gasteiger partial charge in [-0.2, -0.15) is 0 Å². The second-order valence-electron chi connectivity index (χ2n) is 5.66. The highest BCUT2D eigenvalue weighted by Crippen LogP contribution is 2.33. The number of nitrogens with one attached hydrogen (secondary N) is 1. The van der Waals surface area contributed by atoms with E-state index in [0.29, 0.717) is 11.4 Å². The first kappa shape index (κ1) is 17.7. The summed E-state index contributed by atoms with van der Waals surface area (Å²) in [6, 6.07) is 4.02. The fourth-order valence-electron chi connectivity index (χ4n) is 2.60. The number of amides is 2. The molecule has 1 heterocycles. The van der Waals surface area contributed by atoms with Crippen LogP contribution in [-0.2, 0) is 14.4 Å². The molecule has 8 heteroatoms. The number of aliphatic carboxylic acids is 1. The van der Waals surface area contributed by atoms with Crippen LogP contribution in [0.25, 0.3) is 0 Å². The monoisotopic (exact) mass is 336 g/mol. The Bertz CT molecular complexity index is 660. The smallest absolute Gasteiger partial charge is 0.328 e. The van der Waals surface area contributed by atoms with Crippen molar-refractivity contribution in [1.82, 2.24) is 5.32 Å². The number of anilines is 1. The summed E-state index contributed by atoms with van der Waals surface area (Å²) in [5.41, 5.74) is 1.52. The topological polar surface area (TPSA) is 116 Å². The Hall–Kier alpha value is -2.61. The van der Waals surface area contributed by atoms with Gasteiger partial charge in [-0.1, -0.05) is 6.07 Å². The third-order valence-electron chi connectivity index (χ3n) is 3.92. The van der Waals surface area contributed by atoms with Crippen LogP contribution in [0.5, 0.6) is 5.75 Å². The van der Waals surface area contributed by atoms with Gasteiger partial charge in [-0.05, 0) is 24.6 Å². The molecule has 2 rings (SSSR count). The van der Waals surface area contributed by atoms with Gasteiger partial charge in [-0.15, -0.1) is 0 Å². The second kappa shape index (κ2) is 7.31. The van der Waals surface area contributed by atoms with Crippen molar-refractivity contribution >= 4 is 23.5 Å². The molecule has 0 aliphatic carbocycles. The maximum absolute atomic E-state index is 12.3. The Balaban J connectivity index is 2.15. The van der Waals surface area contributed by atoms with Crippen molar-refractivity contribution in [3.8, 4) is 5.75 Å². The highest BCUT2D eigenvalue weighted by Gasteiger charge is 2.37. The molecule has 1 fully saturated rings. The third-order valence-corrected chi connectivity index (χ3v) is 3.92. The Morgan fingerprint density at radius 1 is 1.46 bits per heavy atom. The Labute approximate surface area is 139 Å². The molecule has 0 bridgehead atoms. The Morgan fingerprint density at radius 2 is 2.17 bits per heavy atom. The average Bonchev–Trinajstić information content (AvgIpc) is 2.93. The van der Waals surface area contributed by atoms with E-state index in [1.165, 1.54) is 12.0 Å². The van der Waals surface area contributed by atoms with Crippen molar-refractivity contribution in [3.63, 3.8) is 0 Å². The van der Waals surface area contributed by atoms with Gasteiger partial charge >= 0.3 is 5.97 Å². The fourth-order valence-corrected chi connectivity index (χ4v) is 2.60. The zero-order valence-electron chi connectivity index (χ0n) is 13.5. The lowest BCUT2D eigenvalue weighted by atomic mass is 10.1. The zero-order chi connectivity index (χ0) is 17.9. The van der Waals surface area contributed by atoms with Crippen LogP contribution < -0.4 is 15.0 Å². The number of aliphatic hydroxyl groups is 1. The van der Waals surface area contributed by atoms with Crippen LogP contribution in [-0.4, -0.2) is 54.3 Å². The van der Waals surface area contributed by atoms with Gasteiger partial charge in [0, 0.05) is 13.0 Å². The highest BCUT2D eigenvalue weighted by molar-refractivity contribution is 6.01. The van der Waals surface area contributed by atoms with E-state index >= 15 is 0 Å². The number of carbonyl (C=O) groups is 3. The van der Waals surface area contributed by atoms with Gasteiger partial charge in [0.25, 0.3) is 0 Å². The van der Waals surface area contributed by atoms with Crippen molar-refractivity contribution in [2.45, 2.75) is 19.4 Å². The lowest BCUT2D eigenvalue weighted by Crippen LogP contribution is -2.46. The quantitative estimate of drug-likeness (QED) is 0.669. The molecule has 8 nitrogen and oxygen atoms in total. The first-order valence-corrected chi connectivity index (χ1v) is 7.46. The van der Waals surface area contributed by atoms with Gasteiger partial charge in [0.1, 0.15) is 11.8 Å². The summed E-state index contributed by atoms with van der Waals surface area (Å²) in [5, 5.41) is 20.1. The minimum Gasteiger partial charge on any atom is -0.495 e. The second-order valence-corrected chi connectivity index (χ2v) is 5.66. The number of rotatable bonds is 6. The molecule has 1 saturated heterocycles. The molecule has 1 aliphatic rings. The van der Waals surface area contributed by atoms with Crippen LogP contribution in [0.1, 0.15) is 12.0 Å². The highest BCUT2D eigenvalue weighted by atomic mass is 16.5. The number of methoxy groups -OCH3 is 1. The van der Waals surface area contributed by atoms with Crippen LogP contribution in [0.3, 0.4) is 0 Å². The number of benzene rings is 1. The lowest BCUT2D eigenvalue weighted by Gasteiger charge is -2.20. The molecule has 1 aromatic rings. The molecule has 0 saturated carbocycles. The first-order valence-electron chi connectivity index (χ1n) is 7.46. The van der Waals surface area contributed by atoms with Gasteiger partial charge < -0.3 is 25.2 Å². The molecule has 24 heavy (non-hydrogen) atoms. The molecule has 0 aromatic heterocycles. The number of nitrogens with zero attached hydrogens (tertiary/aromatic N) is 1. The predicted molar refractivity (Wildman–Crippen MR) is 84.8 cm³/mol. The zero-order valence-corrected chi connectivity index (χ0v) is 13.5. The summed E-state index contributed by atoms with van der Waals surface area (Å²) in [6.45, 7) is 1.30. The maximum Gasteiger partial charge on any atom is 0.328 e. The van der Waals surface area contributed by atoms with E-state index in [2.05, 4.69) is 5.32 Å². The number of carbonyl (C=O) groups excluding carboxylic acids is 2. The maximum atomic E-state index is 12.3. The largest absolute Gasteiger partial charge is 0.495 e. The van der Waals surface area contributed by atoms with E-state index in [1.54, 1.807) is 12.1 Å². The van der Waals surface area contributed by atoms with Crippen LogP contribution >= 0.6 is 0 Å². The van der Waals surface area contributed by atoms with Gasteiger partial charge in [-0.3, -0.25) is 9.59 Å². The van der Waals surface area contributed by atoms with Crippen LogP contribution in [0, 0.1) is 12.8 Å². The van der Waals surface area contributed by atoms with Gasteiger partial charge in [0.15, 0.2) is 0 Å². The molecule has 2 amide bonds. The molecule has 2 atom stereocenters. The summed E-state index contributed by atoms with van der Waals surface area (Å²) in [6.07, 6.45) is -0.0271. The normalized spacial score (nSPS) is 18.4. The number of ether oxygens (including phenoxy) is 1. The van der Waals surface area contributed by atoms with E-state index in [0.717, 1.165) is 5.56 Å². The summed E-state index contributed by atoms with van der Waals surface area (Å²) in [7, 11) is 1.50. The number of aliphatic hydroxyl groups excluding tert-OH is 1. The van der Waals surface area contributed by atoms with Crippen molar-refractivity contribution in [1.29, 1.82) is 0 Å². The number of hydrogen-bond donors (Lipinski definition) is 3. The molecular weight excluding hydrogens is 316 g/mol. The molecular formula is C16H20N2O6. The molecule has 130 valence electrons. The Morgan fingerprint density at radius 3 is 2.75 bits per heavy atom. The van der Waals surface area contributed by atoms with Crippen molar-refractivity contribution in [3.05, 3.63) is 23.8 Å².